The van der Waals surface area contributed by atoms with Crippen LogP contribution >= 0.6 is 0 Å². The van der Waals surface area contributed by atoms with Crippen molar-refractivity contribution in [1.29, 1.82) is 0 Å². The topological polar surface area (TPSA) is 79.0 Å². The van der Waals surface area contributed by atoms with Gasteiger partial charge in [-0.3, -0.25) is 4.79 Å². The molecule has 3 aromatic rings. The van der Waals surface area contributed by atoms with E-state index in [1.165, 1.54) is 38.1 Å². The third kappa shape index (κ3) is 6.22. The van der Waals surface area contributed by atoms with Gasteiger partial charge in [0.2, 0.25) is 0 Å². The Morgan fingerprint density at radius 3 is 2.17 bits per heavy atom. The van der Waals surface area contributed by atoms with Gasteiger partial charge in [0.25, 0.3) is 5.91 Å². The quantitative estimate of drug-likeness (QED) is 0.184. The summed E-state index contributed by atoms with van der Waals surface area (Å²) in [6.07, 6.45) is -5.04. The van der Waals surface area contributed by atoms with Gasteiger partial charge in [-0.1, -0.05) is 6.07 Å². The lowest BCUT2D eigenvalue weighted by Crippen LogP contribution is -2.43. The molecule has 3 aromatic carbocycles. The van der Waals surface area contributed by atoms with Crippen LogP contribution in [0.5, 0.6) is 0 Å². The standard InChI is InChI=1S/C30H28F5N3O4/c1-28(2,3)42-25(39)17-7-10-20(11-8-17)36-24-14-19(31)9-6-18(24)16-37-27(41)38(26(40)29(37,4)5)21-12-13-23(32)22(15-21)30(33,34)35/h6-15,36H,16H2,1-5H3. The van der Waals surface area contributed by atoms with E-state index in [2.05, 4.69) is 5.32 Å². The van der Waals surface area contributed by atoms with Gasteiger partial charge in [0.15, 0.2) is 0 Å². The molecule has 4 rings (SSSR count). The Labute approximate surface area is 238 Å². The number of imide groups is 1. The molecule has 222 valence electrons. The summed E-state index contributed by atoms with van der Waals surface area (Å²) in [5.74, 6) is -3.47. The lowest BCUT2D eigenvalue weighted by Gasteiger charge is -2.28. The Morgan fingerprint density at radius 1 is 0.929 bits per heavy atom. The molecule has 12 heteroatoms. The van der Waals surface area contributed by atoms with Crippen molar-refractivity contribution in [2.75, 3.05) is 10.2 Å². The fourth-order valence-electron chi connectivity index (χ4n) is 4.35. The molecule has 1 N–H and O–H groups in total. The van der Waals surface area contributed by atoms with E-state index in [0.29, 0.717) is 33.8 Å². The minimum absolute atomic E-state index is 0.222. The molecule has 1 fully saturated rings. The van der Waals surface area contributed by atoms with Gasteiger partial charge in [-0.25, -0.2) is 23.3 Å². The number of carbonyl (C=O) groups excluding carboxylic acids is 3. The SMILES string of the molecule is CC(C)(C)OC(=O)c1ccc(Nc2cc(F)ccc2CN2C(=O)N(c3ccc(F)c(C(F)(F)F)c3)C(=O)C2(C)C)cc1. The second-order valence-corrected chi connectivity index (χ2v) is 11.2. The monoisotopic (exact) mass is 589 g/mol. The summed E-state index contributed by atoms with van der Waals surface area (Å²) in [6.45, 7) is 7.85. The van der Waals surface area contributed by atoms with Crippen molar-refractivity contribution in [3.63, 3.8) is 0 Å². The lowest BCUT2D eigenvalue weighted by molar-refractivity contribution is -0.140. The first-order valence-corrected chi connectivity index (χ1v) is 12.8. The number of anilines is 3. The predicted octanol–water partition coefficient (Wildman–Crippen LogP) is 7.43. The predicted molar refractivity (Wildman–Crippen MR) is 145 cm³/mol. The van der Waals surface area contributed by atoms with Crippen molar-refractivity contribution in [1.82, 2.24) is 4.90 Å². The number of alkyl halides is 3. The number of ether oxygens (including phenoxy) is 1. The minimum atomic E-state index is -5.04. The van der Waals surface area contributed by atoms with E-state index in [0.717, 1.165) is 17.0 Å². The van der Waals surface area contributed by atoms with Crippen LogP contribution in [0.1, 0.15) is 56.1 Å². The number of benzene rings is 3. The van der Waals surface area contributed by atoms with Crippen molar-refractivity contribution in [3.8, 4) is 0 Å². The van der Waals surface area contributed by atoms with Crippen LogP contribution in [-0.4, -0.2) is 33.9 Å². The summed E-state index contributed by atoms with van der Waals surface area (Å²) in [7, 11) is 0. The molecule has 0 aliphatic carbocycles. The molecule has 1 aliphatic rings. The maximum atomic E-state index is 14.3. The van der Waals surface area contributed by atoms with Crippen molar-refractivity contribution in [2.45, 2.75) is 58.5 Å². The molecule has 0 atom stereocenters. The highest BCUT2D eigenvalue weighted by atomic mass is 19.4. The average molecular weight is 590 g/mol. The number of carbonyl (C=O) groups is 3. The first-order valence-electron chi connectivity index (χ1n) is 12.8. The van der Waals surface area contributed by atoms with E-state index in [1.807, 2.05) is 0 Å². The van der Waals surface area contributed by atoms with Crippen molar-refractivity contribution in [2.24, 2.45) is 0 Å². The molecule has 1 aliphatic heterocycles. The van der Waals surface area contributed by atoms with E-state index in [1.54, 1.807) is 32.9 Å². The van der Waals surface area contributed by atoms with E-state index < -0.39 is 58.1 Å². The molecule has 3 amide bonds. The Morgan fingerprint density at radius 2 is 1.57 bits per heavy atom. The van der Waals surface area contributed by atoms with Crippen LogP contribution in [0.25, 0.3) is 0 Å². The molecule has 1 saturated heterocycles. The third-order valence-corrected chi connectivity index (χ3v) is 6.54. The molecule has 0 spiro atoms. The molecule has 0 aromatic heterocycles. The van der Waals surface area contributed by atoms with Crippen LogP contribution in [-0.2, 0) is 22.3 Å². The molecular formula is C30H28F5N3O4. The first kappa shape index (κ1) is 30.5. The third-order valence-electron chi connectivity index (χ3n) is 6.54. The molecule has 1 heterocycles. The second-order valence-electron chi connectivity index (χ2n) is 11.2. The zero-order chi connectivity index (χ0) is 31.2. The van der Waals surface area contributed by atoms with Crippen LogP contribution in [0.2, 0.25) is 0 Å². The molecule has 0 radical (unpaired) electrons. The largest absolute Gasteiger partial charge is 0.456 e. The highest BCUT2D eigenvalue weighted by Gasteiger charge is 2.52. The number of halogens is 5. The number of rotatable bonds is 6. The molecular weight excluding hydrogens is 561 g/mol. The second kappa shape index (κ2) is 10.7. The van der Waals surface area contributed by atoms with Crippen molar-refractivity contribution in [3.05, 3.63) is 89.0 Å². The number of hydrogen-bond donors (Lipinski definition) is 1. The van der Waals surface area contributed by atoms with Gasteiger partial charge >= 0.3 is 18.2 Å². The van der Waals surface area contributed by atoms with Gasteiger partial charge in [0.1, 0.15) is 22.8 Å². The summed E-state index contributed by atoms with van der Waals surface area (Å²) in [5, 5.41) is 3.03. The fourth-order valence-corrected chi connectivity index (χ4v) is 4.35. The molecule has 7 nitrogen and oxygen atoms in total. The Bertz CT molecular complexity index is 1550. The van der Waals surface area contributed by atoms with Crippen molar-refractivity contribution < 1.29 is 41.1 Å². The van der Waals surface area contributed by atoms with Gasteiger partial charge in [0, 0.05) is 11.4 Å². The Kier molecular flexibility index (Phi) is 7.79. The summed E-state index contributed by atoms with van der Waals surface area (Å²) in [5.41, 5.74) is -2.83. The maximum Gasteiger partial charge on any atom is 0.419 e. The summed E-state index contributed by atoms with van der Waals surface area (Å²) in [6, 6.07) is 10.9. The van der Waals surface area contributed by atoms with Gasteiger partial charge < -0.3 is 15.0 Å². The highest BCUT2D eigenvalue weighted by Crippen LogP contribution is 2.38. The van der Waals surface area contributed by atoms with E-state index in [9.17, 15) is 36.3 Å². The first-order chi connectivity index (χ1) is 19.4. The average Bonchev–Trinajstić information content (AvgIpc) is 3.03. The summed E-state index contributed by atoms with van der Waals surface area (Å²) >= 11 is 0. The van der Waals surface area contributed by atoms with E-state index in [-0.39, 0.29) is 12.2 Å². The smallest absolute Gasteiger partial charge is 0.419 e. The molecule has 0 bridgehead atoms. The zero-order valence-electron chi connectivity index (χ0n) is 23.4. The van der Waals surface area contributed by atoms with Gasteiger partial charge in [-0.2, -0.15) is 13.2 Å². The van der Waals surface area contributed by atoms with E-state index >= 15 is 0 Å². The normalized spacial score (nSPS) is 15.3. The number of nitrogens with zero attached hydrogens (tertiary/aromatic N) is 2. The molecule has 42 heavy (non-hydrogen) atoms. The Balaban J connectivity index is 1.61. The fraction of sp³-hybridized carbons (Fsp3) is 0.300. The van der Waals surface area contributed by atoms with Crippen LogP contribution < -0.4 is 10.2 Å². The summed E-state index contributed by atoms with van der Waals surface area (Å²) < 4.78 is 73.4. The van der Waals surface area contributed by atoms with Crippen LogP contribution in [0.15, 0.2) is 60.7 Å². The number of hydrogen-bond acceptors (Lipinski definition) is 5. The van der Waals surface area contributed by atoms with Crippen LogP contribution in [0.4, 0.5) is 43.8 Å². The van der Waals surface area contributed by atoms with Gasteiger partial charge in [-0.15, -0.1) is 0 Å². The van der Waals surface area contributed by atoms with Crippen LogP contribution in [0, 0.1) is 11.6 Å². The number of nitrogens with one attached hydrogen (secondary N) is 1. The lowest BCUT2D eigenvalue weighted by atomic mass is 10.0. The highest BCUT2D eigenvalue weighted by molar-refractivity contribution is 6.23. The van der Waals surface area contributed by atoms with Crippen molar-refractivity contribution >= 4 is 35.0 Å². The minimum Gasteiger partial charge on any atom is -0.456 e. The van der Waals surface area contributed by atoms with E-state index in [4.69, 9.17) is 4.74 Å². The zero-order valence-corrected chi connectivity index (χ0v) is 23.4. The maximum absolute atomic E-state index is 14.3. The van der Waals surface area contributed by atoms with Gasteiger partial charge in [0.05, 0.1) is 23.4 Å². The van der Waals surface area contributed by atoms with Gasteiger partial charge in [-0.05, 0) is 94.8 Å². The molecule has 0 unspecified atom stereocenters. The summed E-state index contributed by atoms with van der Waals surface area (Å²) in [4.78, 5) is 40.7. The number of urea groups is 1. The molecule has 0 saturated carbocycles. The van der Waals surface area contributed by atoms with Crippen LogP contribution in [0.3, 0.4) is 0 Å². The number of amides is 3. The number of esters is 1. The Hall–Kier alpha value is -4.48.